The standard InChI is InChI=1S/C15H19N4O4/c16-15(17)19-11-6-4-10(5-7-11)2-1-3-13(21)18-12(9-20)8-14(22)23/h4-7,12H,1-3,8H2,(H,18,21)(H,22,23)(H4,16,17,19)/t12-/m0/s1. The molecular weight excluding hydrogens is 300 g/mol. The lowest BCUT2D eigenvalue weighted by Crippen LogP contribution is -2.37. The van der Waals surface area contributed by atoms with Gasteiger partial charge in [-0.2, -0.15) is 0 Å². The highest BCUT2D eigenvalue weighted by Crippen LogP contribution is 2.11. The highest BCUT2D eigenvalue weighted by molar-refractivity contribution is 5.89. The fourth-order valence-electron chi connectivity index (χ4n) is 1.93. The molecule has 1 radical (unpaired) electrons. The molecule has 0 spiro atoms. The molecule has 1 atom stereocenters. The number of rotatable bonds is 9. The van der Waals surface area contributed by atoms with E-state index in [1.54, 1.807) is 12.1 Å². The smallest absolute Gasteiger partial charge is 0.305 e. The number of anilines is 1. The second kappa shape index (κ2) is 9.19. The summed E-state index contributed by atoms with van der Waals surface area (Å²) in [6.45, 7) is 0. The summed E-state index contributed by atoms with van der Waals surface area (Å²) in [6, 6.07) is 6.16. The van der Waals surface area contributed by atoms with Crippen molar-refractivity contribution in [3.63, 3.8) is 0 Å². The summed E-state index contributed by atoms with van der Waals surface area (Å²) in [4.78, 5) is 32.7. The van der Waals surface area contributed by atoms with Gasteiger partial charge in [0, 0.05) is 12.1 Å². The van der Waals surface area contributed by atoms with E-state index < -0.39 is 18.4 Å². The molecule has 0 fully saturated rings. The number of aryl methyl sites for hydroxylation is 1. The summed E-state index contributed by atoms with van der Waals surface area (Å²) < 4.78 is 0. The number of nitrogens with one attached hydrogen (secondary N) is 3. The molecule has 0 aliphatic heterocycles. The van der Waals surface area contributed by atoms with Crippen molar-refractivity contribution in [2.24, 2.45) is 5.73 Å². The Morgan fingerprint density at radius 3 is 2.48 bits per heavy atom. The van der Waals surface area contributed by atoms with E-state index in [9.17, 15) is 14.4 Å². The SMILES string of the molecule is N=C(N)Nc1ccc(CCCC(=O)N[C@H]([C]=O)CC(=O)O)cc1. The summed E-state index contributed by atoms with van der Waals surface area (Å²) in [6.07, 6.45) is 2.42. The van der Waals surface area contributed by atoms with Gasteiger partial charge in [-0.1, -0.05) is 12.1 Å². The van der Waals surface area contributed by atoms with Crippen molar-refractivity contribution in [3.05, 3.63) is 29.8 Å². The fourth-order valence-corrected chi connectivity index (χ4v) is 1.93. The van der Waals surface area contributed by atoms with Crippen LogP contribution in [0.5, 0.6) is 0 Å². The lowest BCUT2D eigenvalue weighted by atomic mass is 10.1. The first-order chi connectivity index (χ1) is 10.9. The van der Waals surface area contributed by atoms with E-state index in [1.165, 1.54) is 6.29 Å². The van der Waals surface area contributed by atoms with E-state index in [0.717, 1.165) is 5.56 Å². The zero-order valence-electron chi connectivity index (χ0n) is 12.5. The third-order valence-electron chi connectivity index (χ3n) is 2.96. The van der Waals surface area contributed by atoms with Crippen LogP contribution in [-0.2, 0) is 20.8 Å². The number of guanidine groups is 1. The minimum absolute atomic E-state index is 0.141. The van der Waals surface area contributed by atoms with Crippen LogP contribution in [0.15, 0.2) is 24.3 Å². The van der Waals surface area contributed by atoms with Gasteiger partial charge in [0.15, 0.2) is 5.96 Å². The van der Waals surface area contributed by atoms with Crippen molar-refractivity contribution in [1.82, 2.24) is 5.32 Å². The summed E-state index contributed by atoms with van der Waals surface area (Å²) in [5.74, 6) is -1.69. The van der Waals surface area contributed by atoms with Crippen molar-refractivity contribution in [1.29, 1.82) is 5.41 Å². The van der Waals surface area contributed by atoms with Gasteiger partial charge in [0.25, 0.3) is 0 Å². The number of amides is 1. The van der Waals surface area contributed by atoms with E-state index in [0.29, 0.717) is 18.5 Å². The second-order valence-corrected chi connectivity index (χ2v) is 4.92. The number of carboxylic acid groups (broad SMARTS) is 1. The molecule has 8 nitrogen and oxygen atoms in total. The number of carbonyl (C=O) groups is 2. The van der Waals surface area contributed by atoms with Crippen molar-refractivity contribution in [2.75, 3.05) is 5.32 Å². The summed E-state index contributed by atoms with van der Waals surface area (Å²) in [5, 5.41) is 20.7. The van der Waals surface area contributed by atoms with Crippen LogP contribution in [0.3, 0.4) is 0 Å². The molecule has 123 valence electrons. The van der Waals surface area contributed by atoms with Crippen LogP contribution in [0.2, 0.25) is 0 Å². The van der Waals surface area contributed by atoms with Gasteiger partial charge in [-0.05, 0) is 30.5 Å². The van der Waals surface area contributed by atoms with Gasteiger partial charge in [0.1, 0.15) is 6.04 Å². The molecule has 1 aromatic rings. The molecular formula is C15H19N4O4. The predicted octanol–water partition coefficient (Wildman–Crippen LogP) is 0.384. The molecule has 6 N–H and O–H groups in total. The van der Waals surface area contributed by atoms with Crippen LogP contribution >= 0.6 is 0 Å². The number of carboxylic acids is 1. The molecule has 1 rings (SSSR count). The number of hydrogen-bond acceptors (Lipinski definition) is 4. The van der Waals surface area contributed by atoms with E-state index in [-0.39, 0.29) is 18.3 Å². The Morgan fingerprint density at radius 1 is 1.30 bits per heavy atom. The normalized spacial score (nSPS) is 11.3. The van der Waals surface area contributed by atoms with Gasteiger partial charge < -0.3 is 21.5 Å². The molecule has 1 aromatic carbocycles. The molecule has 0 unspecified atom stereocenters. The summed E-state index contributed by atoms with van der Waals surface area (Å²) in [7, 11) is 0. The molecule has 0 aliphatic rings. The molecule has 0 aliphatic carbocycles. The average molecular weight is 319 g/mol. The second-order valence-electron chi connectivity index (χ2n) is 4.92. The van der Waals surface area contributed by atoms with Crippen LogP contribution in [-0.4, -0.2) is 35.3 Å². The molecule has 0 saturated heterocycles. The van der Waals surface area contributed by atoms with Crippen LogP contribution in [0.25, 0.3) is 0 Å². The quantitative estimate of drug-likeness (QED) is 0.329. The van der Waals surface area contributed by atoms with E-state index >= 15 is 0 Å². The lowest BCUT2D eigenvalue weighted by Gasteiger charge is -2.10. The maximum atomic E-state index is 11.6. The minimum Gasteiger partial charge on any atom is -0.481 e. The predicted molar refractivity (Wildman–Crippen MR) is 84.8 cm³/mol. The fraction of sp³-hybridized carbons (Fsp3) is 0.333. The third-order valence-corrected chi connectivity index (χ3v) is 2.96. The van der Waals surface area contributed by atoms with E-state index in [1.807, 2.05) is 12.1 Å². The Balaban J connectivity index is 2.35. The monoisotopic (exact) mass is 319 g/mol. The largest absolute Gasteiger partial charge is 0.481 e. The molecule has 0 saturated carbocycles. The molecule has 1 amide bonds. The lowest BCUT2D eigenvalue weighted by molar-refractivity contribution is -0.137. The van der Waals surface area contributed by atoms with Crippen LogP contribution in [0.1, 0.15) is 24.8 Å². The Morgan fingerprint density at radius 2 is 1.96 bits per heavy atom. The van der Waals surface area contributed by atoms with Crippen molar-refractivity contribution in [3.8, 4) is 0 Å². The average Bonchev–Trinajstić information content (AvgIpc) is 2.47. The number of benzene rings is 1. The zero-order valence-corrected chi connectivity index (χ0v) is 12.5. The van der Waals surface area contributed by atoms with Crippen molar-refractivity contribution in [2.45, 2.75) is 31.7 Å². The number of hydrogen-bond donors (Lipinski definition) is 5. The first kappa shape index (κ1) is 18.1. The zero-order chi connectivity index (χ0) is 17.2. The number of nitrogens with two attached hydrogens (primary N) is 1. The van der Waals surface area contributed by atoms with E-state index in [2.05, 4.69) is 10.6 Å². The molecule has 8 heteroatoms. The van der Waals surface area contributed by atoms with Crippen molar-refractivity contribution >= 4 is 29.8 Å². The van der Waals surface area contributed by atoms with Crippen molar-refractivity contribution < 1.29 is 19.5 Å². The van der Waals surface area contributed by atoms with Crippen LogP contribution in [0, 0.1) is 5.41 Å². The molecule has 0 aromatic heterocycles. The summed E-state index contributed by atoms with van der Waals surface area (Å²) in [5.41, 5.74) is 6.94. The van der Waals surface area contributed by atoms with Crippen LogP contribution in [0.4, 0.5) is 5.69 Å². The third kappa shape index (κ3) is 7.60. The van der Waals surface area contributed by atoms with Gasteiger partial charge in [0.05, 0.1) is 6.42 Å². The molecule has 0 heterocycles. The highest BCUT2D eigenvalue weighted by atomic mass is 16.4. The van der Waals surface area contributed by atoms with Gasteiger partial charge in [-0.25, -0.2) is 0 Å². The van der Waals surface area contributed by atoms with E-state index in [4.69, 9.17) is 16.2 Å². The maximum Gasteiger partial charge on any atom is 0.305 e. The first-order valence-corrected chi connectivity index (χ1v) is 6.99. The van der Waals surface area contributed by atoms with Crippen LogP contribution < -0.4 is 16.4 Å². The Bertz CT molecular complexity index is 571. The Hall–Kier alpha value is -2.90. The van der Waals surface area contributed by atoms with Gasteiger partial charge in [-0.15, -0.1) is 0 Å². The number of carbonyl (C=O) groups excluding carboxylic acids is 2. The van der Waals surface area contributed by atoms with Gasteiger partial charge in [-0.3, -0.25) is 19.8 Å². The summed E-state index contributed by atoms with van der Waals surface area (Å²) >= 11 is 0. The number of aliphatic carboxylic acids is 1. The van der Waals surface area contributed by atoms with Gasteiger partial charge >= 0.3 is 5.97 Å². The Labute approximate surface area is 133 Å². The molecule has 23 heavy (non-hydrogen) atoms. The highest BCUT2D eigenvalue weighted by Gasteiger charge is 2.15. The molecule has 0 bridgehead atoms. The minimum atomic E-state index is -1.17. The van der Waals surface area contributed by atoms with Gasteiger partial charge in [0.2, 0.25) is 12.2 Å². The Kier molecular flexibility index (Phi) is 7.25. The topological polar surface area (TPSA) is 145 Å². The first-order valence-electron chi connectivity index (χ1n) is 6.99. The maximum absolute atomic E-state index is 11.6.